The Kier molecular flexibility index (Phi) is 5.50. The third-order valence-electron chi connectivity index (χ3n) is 4.37. The lowest BCUT2D eigenvalue weighted by Gasteiger charge is -2.14. The van der Waals surface area contributed by atoms with Gasteiger partial charge in [0.25, 0.3) is 5.91 Å². The van der Waals surface area contributed by atoms with Gasteiger partial charge in [-0.2, -0.15) is 0 Å². The second-order valence-corrected chi connectivity index (χ2v) is 6.93. The molecule has 138 valence electrons. The highest BCUT2D eigenvalue weighted by Crippen LogP contribution is 2.26. The first-order valence-electron chi connectivity index (χ1n) is 9.00. The topological polar surface area (TPSA) is 66.9 Å². The molecule has 2 aromatic carbocycles. The van der Waals surface area contributed by atoms with Gasteiger partial charge in [-0.25, -0.2) is 9.97 Å². The predicted octanol–water partition coefficient (Wildman–Crippen LogP) is 5.21. The van der Waals surface area contributed by atoms with Crippen molar-refractivity contribution in [1.82, 2.24) is 9.97 Å². The maximum absolute atomic E-state index is 12.5. The molecule has 0 aliphatic heterocycles. The molecule has 1 heterocycles. The molecule has 0 atom stereocenters. The van der Waals surface area contributed by atoms with Gasteiger partial charge in [-0.05, 0) is 48.6 Å². The Morgan fingerprint density at radius 1 is 0.963 bits per heavy atom. The summed E-state index contributed by atoms with van der Waals surface area (Å²) in [6.45, 7) is 8.24. The highest BCUT2D eigenvalue weighted by molar-refractivity contribution is 6.03. The van der Waals surface area contributed by atoms with Crippen LogP contribution in [0.2, 0.25) is 0 Å². The lowest BCUT2D eigenvalue weighted by atomic mass is 10.0. The molecule has 27 heavy (non-hydrogen) atoms. The highest BCUT2D eigenvalue weighted by atomic mass is 16.1. The molecule has 0 bridgehead atoms. The average molecular weight is 360 g/mol. The number of aryl methyl sites for hydroxylation is 2. The van der Waals surface area contributed by atoms with Gasteiger partial charge >= 0.3 is 0 Å². The SMILES string of the molecule is Cc1ccc(C)c(NC(=O)c2cnc(Nc3ccccc3C(C)C)cn2)c1. The zero-order valence-electron chi connectivity index (χ0n) is 16.1. The molecule has 0 saturated heterocycles. The normalized spacial score (nSPS) is 10.7. The lowest BCUT2D eigenvalue weighted by Crippen LogP contribution is -2.15. The minimum Gasteiger partial charge on any atom is -0.339 e. The Morgan fingerprint density at radius 3 is 2.44 bits per heavy atom. The maximum Gasteiger partial charge on any atom is 0.275 e. The molecule has 0 unspecified atom stereocenters. The Morgan fingerprint density at radius 2 is 1.74 bits per heavy atom. The monoisotopic (exact) mass is 360 g/mol. The number of nitrogens with zero attached hydrogens (tertiary/aromatic N) is 2. The molecule has 1 amide bonds. The first-order chi connectivity index (χ1) is 12.9. The van der Waals surface area contributed by atoms with E-state index in [1.54, 1.807) is 6.20 Å². The Balaban J connectivity index is 1.74. The Labute approximate surface area is 159 Å². The molecule has 3 rings (SSSR count). The van der Waals surface area contributed by atoms with Crippen LogP contribution in [0.15, 0.2) is 54.9 Å². The van der Waals surface area contributed by atoms with Crippen LogP contribution >= 0.6 is 0 Å². The van der Waals surface area contributed by atoms with Gasteiger partial charge in [-0.3, -0.25) is 4.79 Å². The first kappa shape index (κ1) is 18.6. The molecule has 3 aromatic rings. The van der Waals surface area contributed by atoms with E-state index in [0.29, 0.717) is 11.7 Å². The van der Waals surface area contributed by atoms with Crippen molar-refractivity contribution < 1.29 is 4.79 Å². The molecule has 0 fully saturated rings. The summed E-state index contributed by atoms with van der Waals surface area (Å²) in [5.41, 5.74) is 5.36. The van der Waals surface area contributed by atoms with Gasteiger partial charge in [0, 0.05) is 11.4 Å². The second-order valence-electron chi connectivity index (χ2n) is 6.93. The maximum atomic E-state index is 12.5. The van der Waals surface area contributed by atoms with Crippen molar-refractivity contribution in [2.75, 3.05) is 10.6 Å². The zero-order chi connectivity index (χ0) is 19.4. The third kappa shape index (κ3) is 4.50. The number of para-hydroxylation sites is 1. The number of anilines is 3. The number of amides is 1. The standard InChI is InChI=1S/C22H24N4O/c1-14(2)17-7-5-6-8-18(17)25-21-13-23-20(12-24-21)22(27)26-19-11-15(3)9-10-16(19)4/h5-14H,1-4H3,(H,24,25)(H,26,27). The second kappa shape index (κ2) is 7.99. The van der Waals surface area contributed by atoms with Crippen LogP contribution in [0.25, 0.3) is 0 Å². The molecule has 0 radical (unpaired) electrons. The number of benzene rings is 2. The Bertz CT molecular complexity index is 949. The number of aromatic nitrogens is 2. The molecule has 0 saturated carbocycles. The van der Waals surface area contributed by atoms with E-state index in [0.717, 1.165) is 22.5 Å². The van der Waals surface area contributed by atoms with Gasteiger partial charge in [-0.15, -0.1) is 0 Å². The fraction of sp³-hybridized carbons (Fsp3) is 0.227. The summed E-state index contributed by atoms with van der Waals surface area (Å²) in [5.74, 6) is 0.723. The number of hydrogen-bond acceptors (Lipinski definition) is 4. The van der Waals surface area contributed by atoms with Crippen molar-refractivity contribution in [1.29, 1.82) is 0 Å². The summed E-state index contributed by atoms with van der Waals surface area (Å²) < 4.78 is 0. The summed E-state index contributed by atoms with van der Waals surface area (Å²) in [6, 6.07) is 14.0. The smallest absolute Gasteiger partial charge is 0.275 e. The van der Waals surface area contributed by atoms with E-state index in [1.165, 1.54) is 11.8 Å². The van der Waals surface area contributed by atoms with Crippen LogP contribution in [0.5, 0.6) is 0 Å². The van der Waals surface area contributed by atoms with Crippen molar-refractivity contribution >= 4 is 23.1 Å². The number of carbonyl (C=O) groups is 1. The predicted molar refractivity (Wildman–Crippen MR) is 110 cm³/mol. The lowest BCUT2D eigenvalue weighted by molar-refractivity contribution is 0.102. The quantitative estimate of drug-likeness (QED) is 0.655. The van der Waals surface area contributed by atoms with Crippen molar-refractivity contribution in [2.24, 2.45) is 0 Å². The molecule has 0 spiro atoms. The van der Waals surface area contributed by atoms with Gasteiger partial charge in [0.05, 0.1) is 12.4 Å². The fourth-order valence-corrected chi connectivity index (χ4v) is 2.82. The summed E-state index contributed by atoms with van der Waals surface area (Å²) in [7, 11) is 0. The molecular formula is C22H24N4O. The molecular weight excluding hydrogens is 336 g/mol. The van der Waals surface area contributed by atoms with Crippen LogP contribution in [0.1, 0.15) is 46.9 Å². The van der Waals surface area contributed by atoms with Crippen molar-refractivity contribution in [3.63, 3.8) is 0 Å². The molecule has 5 heteroatoms. The minimum absolute atomic E-state index is 0.273. The Hall–Kier alpha value is -3.21. The van der Waals surface area contributed by atoms with E-state index < -0.39 is 0 Å². The van der Waals surface area contributed by atoms with E-state index in [2.05, 4.69) is 40.5 Å². The van der Waals surface area contributed by atoms with Crippen LogP contribution in [-0.4, -0.2) is 15.9 Å². The zero-order valence-corrected chi connectivity index (χ0v) is 16.1. The van der Waals surface area contributed by atoms with Crippen LogP contribution < -0.4 is 10.6 Å². The van der Waals surface area contributed by atoms with Crippen LogP contribution in [0.4, 0.5) is 17.2 Å². The van der Waals surface area contributed by atoms with Gasteiger partial charge < -0.3 is 10.6 Å². The van der Waals surface area contributed by atoms with E-state index >= 15 is 0 Å². The minimum atomic E-state index is -0.273. The van der Waals surface area contributed by atoms with Crippen molar-refractivity contribution in [3.8, 4) is 0 Å². The summed E-state index contributed by atoms with van der Waals surface area (Å²) in [4.78, 5) is 21.1. The average Bonchev–Trinajstić information content (AvgIpc) is 2.65. The molecule has 5 nitrogen and oxygen atoms in total. The molecule has 2 N–H and O–H groups in total. The summed E-state index contributed by atoms with van der Waals surface area (Å²) in [5, 5.41) is 6.18. The first-order valence-corrected chi connectivity index (χ1v) is 9.00. The van der Waals surface area contributed by atoms with E-state index in [9.17, 15) is 4.79 Å². The van der Waals surface area contributed by atoms with Crippen LogP contribution in [0, 0.1) is 13.8 Å². The molecule has 0 aliphatic carbocycles. The highest BCUT2D eigenvalue weighted by Gasteiger charge is 2.11. The van der Waals surface area contributed by atoms with Gasteiger partial charge in [0.15, 0.2) is 0 Å². The van der Waals surface area contributed by atoms with E-state index in [-0.39, 0.29) is 11.6 Å². The van der Waals surface area contributed by atoms with E-state index in [1.807, 2.05) is 50.2 Å². The van der Waals surface area contributed by atoms with Gasteiger partial charge in [0.1, 0.15) is 11.5 Å². The summed E-state index contributed by atoms with van der Waals surface area (Å²) >= 11 is 0. The number of hydrogen-bond donors (Lipinski definition) is 2. The number of carbonyl (C=O) groups excluding carboxylic acids is 1. The van der Waals surface area contributed by atoms with Crippen LogP contribution in [-0.2, 0) is 0 Å². The number of nitrogens with one attached hydrogen (secondary N) is 2. The summed E-state index contributed by atoms with van der Waals surface area (Å²) in [6.07, 6.45) is 3.07. The largest absolute Gasteiger partial charge is 0.339 e. The van der Waals surface area contributed by atoms with Gasteiger partial charge in [-0.1, -0.05) is 44.2 Å². The fourth-order valence-electron chi connectivity index (χ4n) is 2.82. The van der Waals surface area contributed by atoms with Crippen molar-refractivity contribution in [3.05, 3.63) is 77.2 Å². The third-order valence-corrected chi connectivity index (χ3v) is 4.37. The van der Waals surface area contributed by atoms with E-state index in [4.69, 9.17) is 0 Å². The molecule has 0 aliphatic rings. The number of rotatable bonds is 5. The molecule has 1 aromatic heterocycles. The van der Waals surface area contributed by atoms with Crippen molar-refractivity contribution in [2.45, 2.75) is 33.6 Å². The van der Waals surface area contributed by atoms with Crippen LogP contribution in [0.3, 0.4) is 0 Å². The van der Waals surface area contributed by atoms with Gasteiger partial charge in [0.2, 0.25) is 0 Å².